The first-order chi connectivity index (χ1) is 2.41. The predicted molar refractivity (Wildman–Crippen MR) is 19.9 cm³/mol. The van der Waals surface area contributed by atoms with Crippen molar-refractivity contribution in [1.82, 2.24) is 0 Å². The molecule has 0 bridgehead atoms. The molecule has 0 aromatic heterocycles. The third-order valence-corrected chi connectivity index (χ3v) is 0.281. The van der Waals surface area contributed by atoms with Gasteiger partial charge in [-0.3, -0.25) is 4.32 Å². The van der Waals surface area contributed by atoms with Gasteiger partial charge in [-0.2, -0.15) is 0 Å². The minimum absolute atomic E-state index is 0.469. The van der Waals surface area contributed by atoms with Crippen molar-refractivity contribution in [2.75, 3.05) is 6.61 Å². The fourth-order valence-corrected chi connectivity index (χ4v) is 0.0772. The molecule has 0 saturated heterocycles. The van der Waals surface area contributed by atoms with Crippen LogP contribution in [-0.4, -0.2) is 14.4 Å². The monoisotopic (exact) mass is 76.0 g/mol. The Bertz CT molecular complexity index is 17.1. The highest BCUT2D eigenvalue weighted by molar-refractivity contribution is 6.16. The van der Waals surface area contributed by atoms with E-state index in [1.54, 1.807) is 6.92 Å². The second-order valence-corrected chi connectivity index (χ2v) is 0.602. The Morgan fingerprint density at radius 1 is 2.00 bits per heavy atom. The van der Waals surface area contributed by atoms with Crippen LogP contribution < -0.4 is 0 Å². The molecule has 0 saturated carbocycles. The first kappa shape index (κ1) is 4.95. The van der Waals surface area contributed by atoms with E-state index in [9.17, 15) is 4.32 Å². The standard InChI is InChI=1S/C2H6BFO/c1-2-5-3-4/h3H,2H2,1H3. The molecule has 0 aliphatic heterocycles. The summed E-state index contributed by atoms with van der Waals surface area (Å²) in [5, 5.41) is 0. The van der Waals surface area contributed by atoms with Gasteiger partial charge in [0.1, 0.15) is 0 Å². The SMILES string of the molecule is CCOBF. The van der Waals surface area contributed by atoms with Crippen molar-refractivity contribution in [3.05, 3.63) is 0 Å². The third kappa shape index (κ3) is 3.95. The van der Waals surface area contributed by atoms with Gasteiger partial charge < -0.3 is 4.65 Å². The Morgan fingerprint density at radius 2 is 2.60 bits per heavy atom. The average Bonchev–Trinajstić information content (AvgIpc) is 1.41. The lowest BCUT2D eigenvalue weighted by Gasteiger charge is -1.81. The molecule has 0 atom stereocenters. The minimum atomic E-state index is -0.656. The van der Waals surface area contributed by atoms with Crippen molar-refractivity contribution in [2.24, 2.45) is 0 Å². The Kier molecular flexibility index (Phi) is 3.92. The van der Waals surface area contributed by atoms with Crippen LogP contribution >= 0.6 is 0 Å². The van der Waals surface area contributed by atoms with Crippen LogP contribution in [0.3, 0.4) is 0 Å². The van der Waals surface area contributed by atoms with Crippen LogP contribution in [0.15, 0.2) is 0 Å². The summed E-state index contributed by atoms with van der Waals surface area (Å²) in [6.45, 7) is 2.22. The van der Waals surface area contributed by atoms with E-state index in [1.807, 2.05) is 0 Å². The van der Waals surface area contributed by atoms with E-state index >= 15 is 0 Å². The molecule has 0 aliphatic carbocycles. The third-order valence-electron chi connectivity index (χ3n) is 0.281. The first-order valence-corrected chi connectivity index (χ1v) is 1.55. The van der Waals surface area contributed by atoms with Gasteiger partial charge in [-0.25, -0.2) is 0 Å². The summed E-state index contributed by atoms with van der Waals surface area (Å²) in [5.41, 5.74) is 0. The van der Waals surface area contributed by atoms with Crippen molar-refractivity contribution in [3.8, 4) is 0 Å². The molecule has 0 heterocycles. The van der Waals surface area contributed by atoms with E-state index in [1.165, 1.54) is 0 Å². The summed E-state index contributed by atoms with van der Waals surface area (Å²) in [6.07, 6.45) is 0. The molecule has 0 spiro atoms. The Morgan fingerprint density at radius 3 is 2.60 bits per heavy atom. The van der Waals surface area contributed by atoms with Crippen LogP contribution in [-0.2, 0) is 4.65 Å². The highest BCUT2D eigenvalue weighted by atomic mass is 19.1. The van der Waals surface area contributed by atoms with Crippen LogP contribution in [0.1, 0.15) is 6.92 Å². The molecule has 0 aromatic carbocycles. The van der Waals surface area contributed by atoms with Gasteiger partial charge in [-0.05, 0) is 6.92 Å². The fourth-order valence-electron chi connectivity index (χ4n) is 0.0772. The summed E-state index contributed by atoms with van der Waals surface area (Å²) >= 11 is 0. The maximum absolute atomic E-state index is 10.8. The van der Waals surface area contributed by atoms with Gasteiger partial charge >= 0.3 is 7.76 Å². The topological polar surface area (TPSA) is 9.23 Å². The molecule has 0 fully saturated rings. The fraction of sp³-hybridized carbons (Fsp3) is 1.00. The molecule has 30 valence electrons. The molecule has 0 rings (SSSR count). The summed E-state index contributed by atoms with van der Waals surface area (Å²) in [7, 11) is -0.656. The normalized spacial score (nSPS) is 7.60. The van der Waals surface area contributed by atoms with Crippen LogP contribution in [0.5, 0.6) is 0 Å². The summed E-state index contributed by atoms with van der Waals surface area (Å²) in [6, 6.07) is 0. The zero-order valence-corrected chi connectivity index (χ0v) is 3.20. The summed E-state index contributed by atoms with van der Waals surface area (Å²) in [4.78, 5) is 0. The van der Waals surface area contributed by atoms with E-state index in [0.29, 0.717) is 6.61 Å². The van der Waals surface area contributed by atoms with Crippen molar-refractivity contribution in [3.63, 3.8) is 0 Å². The molecule has 3 heteroatoms. The maximum atomic E-state index is 10.8. The average molecular weight is 75.9 g/mol. The van der Waals surface area contributed by atoms with E-state index in [2.05, 4.69) is 4.65 Å². The molecule has 0 N–H and O–H groups in total. The molecule has 0 aliphatic rings. The van der Waals surface area contributed by atoms with Gasteiger partial charge in [0, 0.05) is 6.61 Å². The Balaban J connectivity index is 2.19. The lowest BCUT2D eigenvalue weighted by Crippen LogP contribution is -1.87. The van der Waals surface area contributed by atoms with Crippen LogP contribution in [0.25, 0.3) is 0 Å². The van der Waals surface area contributed by atoms with Crippen LogP contribution in [0.2, 0.25) is 0 Å². The zero-order valence-electron chi connectivity index (χ0n) is 3.20. The molecule has 0 unspecified atom stereocenters. The highest BCUT2D eigenvalue weighted by Crippen LogP contribution is 1.63. The van der Waals surface area contributed by atoms with Gasteiger partial charge in [0.05, 0.1) is 0 Å². The van der Waals surface area contributed by atoms with E-state index in [4.69, 9.17) is 0 Å². The van der Waals surface area contributed by atoms with Crippen molar-refractivity contribution in [1.29, 1.82) is 0 Å². The van der Waals surface area contributed by atoms with Crippen molar-refractivity contribution in [2.45, 2.75) is 6.92 Å². The quantitative estimate of drug-likeness (QED) is 0.428. The summed E-state index contributed by atoms with van der Waals surface area (Å²) in [5.74, 6) is 0. The number of hydrogen-bond acceptors (Lipinski definition) is 1. The molecule has 0 aromatic rings. The highest BCUT2D eigenvalue weighted by Gasteiger charge is 1.75. The van der Waals surface area contributed by atoms with Gasteiger partial charge in [0.2, 0.25) is 0 Å². The predicted octanol–water partition coefficient (Wildman–Crippen LogP) is 0.259. The molecular weight excluding hydrogens is 69.8 g/mol. The van der Waals surface area contributed by atoms with Gasteiger partial charge in [-0.15, -0.1) is 0 Å². The molecule has 0 radical (unpaired) electrons. The largest absolute Gasteiger partial charge is 0.482 e. The first-order valence-electron chi connectivity index (χ1n) is 1.55. The van der Waals surface area contributed by atoms with Gasteiger partial charge in [0.25, 0.3) is 0 Å². The number of rotatable bonds is 2. The van der Waals surface area contributed by atoms with E-state index < -0.39 is 7.76 Å². The summed E-state index contributed by atoms with van der Waals surface area (Å²) < 4.78 is 14.9. The van der Waals surface area contributed by atoms with Gasteiger partial charge in [0.15, 0.2) is 0 Å². The Hall–Kier alpha value is -0.0451. The molecule has 1 nitrogen and oxygen atoms in total. The minimum Gasteiger partial charge on any atom is -0.411 e. The zero-order chi connectivity index (χ0) is 4.12. The van der Waals surface area contributed by atoms with Crippen LogP contribution in [0.4, 0.5) is 4.32 Å². The lowest BCUT2D eigenvalue weighted by atomic mass is 10.5. The lowest BCUT2D eigenvalue weighted by molar-refractivity contribution is 0.333. The van der Waals surface area contributed by atoms with E-state index in [-0.39, 0.29) is 0 Å². The van der Waals surface area contributed by atoms with Crippen LogP contribution in [0, 0.1) is 0 Å². The number of hydrogen-bond donors (Lipinski definition) is 0. The van der Waals surface area contributed by atoms with E-state index in [0.717, 1.165) is 0 Å². The second kappa shape index (κ2) is 3.95. The Labute approximate surface area is 31.5 Å². The van der Waals surface area contributed by atoms with Gasteiger partial charge in [-0.1, -0.05) is 0 Å². The molecule has 5 heavy (non-hydrogen) atoms. The number of halogens is 1. The van der Waals surface area contributed by atoms with Crippen molar-refractivity contribution < 1.29 is 8.97 Å². The van der Waals surface area contributed by atoms with Crippen molar-refractivity contribution >= 4 is 7.76 Å². The maximum Gasteiger partial charge on any atom is 0.482 e. The smallest absolute Gasteiger partial charge is 0.411 e. The second-order valence-electron chi connectivity index (χ2n) is 0.602. The molecule has 0 amide bonds. The molecular formula is C2H6BFO.